The Bertz CT molecular complexity index is 480. The Morgan fingerprint density at radius 1 is 1.06 bits per heavy atom. The molecule has 0 fully saturated rings. The average Bonchev–Trinajstić information content (AvgIpc) is 3.29. The number of aromatic amines is 1. The summed E-state index contributed by atoms with van der Waals surface area (Å²) < 4.78 is 4.85. The number of methoxy groups -OCH3 is 1. The number of H-pyrrole nitrogens is 1. The van der Waals surface area contributed by atoms with Crippen molar-refractivity contribution in [1.29, 1.82) is 0 Å². The Labute approximate surface area is 214 Å². The van der Waals surface area contributed by atoms with Gasteiger partial charge >= 0.3 is 0 Å². The smallest absolute Gasteiger partial charge is 0.135 e. The summed E-state index contributed by atoms with van der Waals surface area (Å²) >= 11 is 0. The van der Waals surface area contributed by atoms with Crippen LogP contribution in [0, 0.1) is 17.3 Å². The van der Waals surface area contributed by atoms with Gasteiger partial charge in [0, 0.05) is 25.7 Å². The zero-order chi connectivity index (χ0) is 28.2. The fourth-order valence-electron chi connectivity index (χ4n) is 2.02. The number of aromatic nitrogens is 3. The van der Waals surface area contributed by atoms with Crippen molar-refractivity contribution in [3.05, 3.63) is 11.9 Å². The predicted molar refractivity (Wildman–Crippen MR) is 151 cm³/mol. The molecule has 0 saturated carbocycles. The van der Waals surface area contributed by atoms with E-state index in [1.165, 1.54) is 12.6 Å². The van der Waals surface area contributed by atoms with E-state index in [-0.39, 0.29) is 12.0 Å². The van der Waals surface area contributed by atoms with E-state index in [4.69, 9.17) is 14.9 Å². The number of rotatable bonds is 9. The van der Waals surface area contributed by atoms with Crippen LogP contribution >= 0.6 is 9.24 Å². The van der Waals surface area contributed by atoms with Gasteiger partial charge in [0.15, 0.2) is 0 Å². The topological polar surface area (TPSA) is 108 Å². The van der Waals surface area contributed by atoms with Crippen molar-refractivity contribution in [2.75, 3.05) is 20.3 Å². The highest BCUT2D eigenvalue weighted by Gasteiger charge is 2.24. The molecule has 7 nitrogen and oxygen atoms in total. The van der Waals surface area contributed by atoms with Crippen LogP contribution in [0.25, 0.3) is 0 Å². The normalized spacial score (nSPS) is 10.5. The quantitative estimate of drug-likeness (QED) is 0.337. The molecule has 2 unspecified atom stereocenters. The van der Waals surface area contributed by atoms with Crippen LogP contribution in [0.5, 0.6) is 0 Å². The van der Waals surface area contributed by atoms with Gasteiger partial charge in [-0.2, -0.15) is 15.4 Å². The lowest BCUT2D eigenvalue weighted by molar-refractivity contribution is -0.125. The fourth-order valence-corrected chi connectivity index (χ4v) is 2.17. The van der Waals surface area contributed by atoms with E-state index in [0.29, 0.717) is 29.7 Å². The maximum Gasteiger partial charge on any atom is 0.135 e. The van der Waals surface area contributed by atoms with E-state index in [2.05, 4.69) is 59.3 Å². The summed E-state index contributed by atoms with van der Waals surface area (Å²) in [5, 5.41) is 25.9. The Morgan fingerprint density at radius 2 is 1.56 bits per heavy atom. The largest absolute Gasteiger partial charge is 0.396 e. The van der Waals surface area contributed by atoms with E-state index in [1.54, 1.807) is 14.0 Å². The summed E-state index contributed by atoms with van der Waals surface area (Å²) in [5.41, 5.74) is 1.02. The van der Waals surface area contributed by atoms with Crippen LogP contribution in [0.4, 0.5) is 0 Å². The van der Waals surface area contributed by atoms with Crippen molar-refractivity contribution < 1.29 is 19.7 Å². The second kappa shape index (κ2) is 32.1. The summed E-state index contributed by atoms with van der Waals surface area (Å²) in [6.45, 7) is 25.6. The van der Waals surface area contributed by atoms with Crippen molar-refractivity contribution in [1.82, 2.24) is 15.4 Å². The molecule has 0 bridgehead atoms. The number of aliphatic hydroxyl groups is 2. The molecule has 0 radical (unpaired) electrons. The van der Waals surface area contributed by atoms with Crippen molar-refractivity contribution in [2.45, 2.75) is 115 Å². The monoisotopic (exact) mass is 509 g/mol. The number of hydrogen-bond acceptors (Lipinski definition) is 6. The minimum absolute atomic E-state index is 0.0451. The van der Waals surface area contributed by atoms with Crippen molar-refractivity contribution >= 4 is 15.0 Å². The molecule has 0 aliphatic rings. The van der Waals surface area contributed by atoms with Gasteiger partial charge in [0.1, 0.15) is 11.5 Å². The summed E-state index contributed by atoms with van der Waals surface area (Å²) in [6.07, 6.45) is 4.53. The second-order valence-corrected chi connectivity index (χ2v) is 9.96. The lowest BCUT2D eigenvalue weighted by Crippen LogP contribution is -2.23. The van der Waals surface area contributed by atoms with Gasteiger partial charge in [0.2, 0.25) is 0 Å². The van der Waals surface area contributed by atoms with E-state index < -0.39 is 0 Å². The first-order chi connectivity index (χ1) is 15.8. The first-order valence-corrected chi connectivity index (χ1v) is 13.3. The van der Waals surface area contributed by atoms with Gasteiger partial charge in [-0.1, -0.05) is 76.2 Å². The van der Waals surface area contributed by atoms with Gasteiger partial charge in [-0.15, -0.1) is 9.24 Å². The Morgan fingerprint density at radius 3 is 1.68 bits per heavy atom. The first kappa shape index (κ1) is 43.2. The maximum absolute atomic E-state index is 11.0. The molecule has 1 aromatic heterocycles. The first-order valence-electron chi connectivity index (χ1n) is 12.7. The molecule has 2 atom stereocenters. The summed E-state index contributed by atoms with van der Waals surface area (Å²) in [6, 6.07) is 0. The molecule has 0 aliphatic heterocycles. The zero-order valence-corrected chi connectivity index (χ0v) is 25.9. The van der Waals surface area contributed by atoms with Gasteiger partial charge < -0.3 is 14.9 Å². The fraction of sp³-hybridized carbons (Fsp3) is 0.885. The van der Waals surface area contributed by atoms with Gasteiger partial charge in [0.05, 0.1) is 12.8 Å². The van der Waals surface area contributed by atoms with Crippen LogP contribution in [-0.2, 0) is 16.1 Å². The molecule has 3 N–H and O–H groups in total. The van der Waals surface area contributed by atoms with Crippen LogP contribution < -0.4 is 0 Å². The third-order valence-corrected chi connectivity index (χ3v) is 4.32. The van der Waals surface area contributed by atoms with Crippen LogP contribution in [0.3, 0.4) is 0 Å². The minimum atomic E-state index is -0.117. The Balaban J connectivity index is -0.000000106. The van der Waals surface area contributed by atoms with Crippen molar-refractivity contribution in [3.63, 3.8) is 0 Å². The lowest BCUT2D eigenvalue weighted by atomic mass is 9.81. The molecule has 34 heavy (non-hydrogen) atoms. The number of ketones is 1. The zero-order valence-electron chi connectivity index (χ0n) is 24.7. The molecule has 0 aromatic carbocycles. The number of aliphatic hydroxyl groups excluding tert-OH is 2. The highest BCUT2D eigenvalue weighted by Crippen LogP contribution is 2.25. The van der Waals surface area contributed by atoms with Crippen LogP contribution in [-0.4, -0.2) is 57.4 Å². The number of hydrogen-bond donors (Lipinski definition) is 3. The molecular formula is C26H60N3O4P. The molecule has 0 spiro atoms. The molecule has 1 heterocycles. The molecule has 1 rings (SSSR count). The van der Waals surface area contributed by atoms with Crippen molar-refractivity contribution in [3.8, 4) is 0 Å². The van der Waals surface area contributed by atoms with E-state index in [1.807, 2.05) is 41.5 Å². The van der Waals surface area contributed by atoms with Crippen molar-refractivity contribution in [2.24, 2.45) is 17.3 Å². The number of carbonyl (C=O) groups is 1. The molecule has 0 saturated heterocycles. The van der Waals surface area contributed by atoms with E-state index in [9.17, 15) is 4.79 Å². The molecule has 1 aromatic rings. The molecular weight excluding hydrogens is 449 g/mol. The number of ether oxygens (including phenoxy) is 1. The number of Topliss-reactive ketones (excluding diaryl/α,β-unsaturated/α-hetero) is 1. The standard InChI is InChI=1S/C9H18O.C6H14O.C4H11OP.C3H5N3O.2C2H6/c1-7(2)6-9(4,5)8(3)10;1-6(2)4-5-7-3;1-4(6)2-3-5;7-2-3-1-4-6-5-3;2*1-2/h7H,6H2,1-5H3;6H,4-5H2,1-3H3;4-5H,2-3,6H2,1H3;1,7H,2H2,(H,4,5,6);2*1-2H3. The maximum atomic E-state index is 11.0. The molecule has 0 aliphatic carbocycles. The lowest BCUT2D eigenvalue weighted by Gasteiger charge is -2.22. The minimum Gasteiger partial charge on any atom is -0.396 e. The third-order valence-electron chi connectivity index (χ3n) is 3.98. The summed E-state index contributed by atoms with van der Waals surface area (Å²) in [4.78, 5) is 11.0. The van der Waals surface area contributed by atoms with Crippen LogP contribution in [0.1, 0.15) is 108 Å². The second-order valence-electron chi connectivity index (χ2n) is 8.82. The molecule has 0 amide bonds. The predicted octanol–water partition coefficient (Wildman–Crippen LogP) is 6.31. The third kappa shape index (κ3) is 41.4. The number of carbonyl (C=O) groups excluding carboxylic acids is 1. The highest BCUT2D eigenvalue weighted by atomic mass is 31.0. The molecule has 8 heteroatoms. The van der Waals surface area contributed by atoms with Crippen LogP contribution in [0.15, 0.2) is 6.20 Å². The number of nitrogens with one attached hydrogen (secondary N) is 1. The Hall–Kier alpha value is -0.880. The van der Waals surface area contributed by atoms with Gasteiger partial charge in [0.25, 0.3) is 0 Å². The Kier molecular flexibility index (Phi) is 40.8. The van der Waals surface area contributed by atoms with Gasteiger partial charge in [-0.3, -0.25) is 4.79 Å². The number of nitrogens with zero attached hydrogens (tertiary/aromatic N) is 2. The summed E-state index contributed by atoms with van der Waals surface area (Å²) in [5.74, 6) is 1.68. The van der Waals surface area contributed by atoms with E-state index in [0.717, 1.165) is 25.4 Å². The highest BCUT2D eigenvalue weighted by molar-refractivity contribution is 7.17. The average molecular weight is 510 g/mol. The van der Waals surface area contributed by atoms with Gasteiger partial charge in [-0.25, -0.2) is 0 Å². The molecule has 208 valence electrons. The van der Waals surface area contributed by atoms with Gasteiger partial charge in [-0.05, 0) is 43.7 Å². The van der Waals surface area contributed by atoms with E-state index >= 15 is 0 Å². The van der Waals surface area contributed by atoms with Crippen LogP contribution in [0.2, 0.25) is 0 Å². The summed E-state index contributed by atoms with van der Waals surface area (Å²) in [7, 11) is 4.36. The SMILES string of the molecule is CC.CC.CC(=O)C(C)(C)CC(C)C.CC(P)CCO.COCCC(C)C.OCc1cn[nH]n1.